The number of nitrogens with zero attached hydrogens (tertiary/aromatic N) is 3. The summed E-state index contributed by atoms with van der Waals surface area (Å²) >= 11 is 0. The zero-order valence-electron chi connectivity index (χ0n) is 10.0. The Morgan fingerprint density at radius 2 is 2.17 bits per heavy atom. The molecule has 18 heavy (non-hydrogen) atoms. The summed E-state index contributed by atoms with van der Waals surface area (Å²) in [5.74, 6) is 1.03. The van der Waals surface area contributed by atoms with E-state index in [0.29, 0.717) is 11.7 Å². The van der Waals surface area contributed by atoms with Gasteiger partial charge < -0.3 is 11.1 Å². The van der Waals surface area contributed by atoms with Crippen molar-refractivity contribution < 1.29 is 0 Å². The van der Waals surface area contributed by atoms with Gasteiger partial charge in [0.05, 0.1) is 5.69 Å². The fourth-order valence-electron chi connectivity index (χ4n) is 2.49. The summed E-state index contributed by atoms with van der Waals surface area (Å²) < 4.78 is 0. The molecule has 3 N–H and O–H groups in total. The standard InChI is InChI=1S/C13H15N5/c14-13-12(9-1-4-15-7-9)10(2-6-17-13)11-3-5-16-8-18-11/h2-3,5-6,8-9,15H,1,4,7H2,(H2,14,17). The van der Waals surface area contributed by atoms with Crippen LogP contribution in [0.2, 0.25) is 0 Å². The second-order valence-corrected chi connectivity index (χ2v) is 4.44. The van der Waals surface area contributed by atoms with Gasteiger partial charge in [-0.1, -0.05) is 0 Å². The molecule has 1 fully saturated rings. The third-order valence-corrected chi connectivity index (χ3v) is 3.35. The van der Waals surface area contributed by atoms with Gasteiger partial charge in [0.25, 0.3) is 0 Å². The summed E-state index contributed by atoms with van der Waals surface area (Å²) in [7, 11) is 0. The number of aromatic nitrogens is 3. The molecule has 2 aromatic heterocycles. The van der Waals surface area contributed by atoms with Crippen LogP contribution >= 0.6 is 0 Å². The second kappa shape index (κ2) is 4.70. The minimum absolute atomic E-state index is 0.420. The highest BCUT2D eigenvalue weighted by atomic mass is 14.9. The smallest absolute Gasteiger partial charge is 0.127 e. The van der Waals surface area contributed by atoms with Gasteiger partial charge in [-0.3, -0.25) is 0 Å². The van der Waals surface area contributed by atoms with E-state index in [4.69, 9.17) is 5.73 Å². The van der Waals surface area contributed by atoms with Crippen molar-refractivity contribution >= 4 is 5.82 Å². The molecule has 0 spiro atoms. The zero-order valence-corrected chi connectivity index (χ0v) is 10.0. The second-order valence-electron chi connectivity index (χ2n) is 4.44. The molecule has 1 aliphatic rings. The molecule has 1 atom stereocenters. The lowest BCUT2D eigenvalue weighted by atomic mass is 9.92. The zero-order chi connectivity index (χ0) is 12.4. The molecule has 0 amide bonds. The molecule has 1 aliphatic heterocycles. The maximum atomic E-state index is 6.06. The summed E-state index contributed by atoms with van der Waals surface area (Å²) in [5.41, 5.74) is 9.14. The molecule has 0 radical (unpaired) electrons. The van der Waals surface area contributed by atoms with Crippen LogP contribution in [0.1, 0.15) is 17.9 Å². The normalized spacial score (nSPS) is 19.0. The van der Waals surface area contributed by atoms with Crippen molar-refractivity contribution in [3.63, 3.8) is 0 Å². The number of hydrogen-bond donors (Lipinski definition) is 2. The fourth-order valence-corrected chi connectivity index (χ4v) is 2.49. The van der Waals surface area contributed by atoms with Crippen molar-refractivity contribution in [2.75, 3.05) is 18.8 Å². The molecular formula is C13H15N5. The van der Waals surface area contributed by atoms with Gasteiger partial charge in [-0.25, -0.2) is 15.0 Å². The van der Waals surface area contributed by atoms with Crippen LogP contribution in [-0.4, -0.2) is 28.0 Å². The Morgan fingerprint density at radius 3 is 2.89 bits per heavy atom. The van der Waals surface area contributed by atoms with Crippen molar-refractivity contribution in [1.29, 1.82) is 0 Å². The fraction of sp³-hybridized carbons (Fsp3) is 0.308. The largest absolute Gasteiger partial charge is 0.383 e. The molecule has 3 heterocycles. The Morgan fingerprint density at radius 1 is 1.22 bits per heavy atom. The SMILES string of the molecule is Nc1nccc(-c2ccncn2)c1C1CCNC1. The van der Waals surface area contributed by atoms with Gasteiger partial charge in [-0.2, -0.15) is 0 Å². The van der Waals surface area contributed by atoms with Crippen LogP contribution in [0, 0.1) is 0 Å². The number of anilines is 1. The average molecular weight is 241 g/mol. The van der Waals surface area contributed by atoms with E-state index >= 15 is 0 Å². The van der Waals surface area contributed by atoms with Crippen LogP contribution in [0.5, 0.6) is 0 Å². The lowest BCUT2D eigenvalue weighted by Gasteiger charge is -2.16. The molecule has 0 aromatic carbocycles. The van der Waals surface area contributed by atoms with Crippen LogP contribution in [0.15, 0.2) is 30.9 Å². The molecule has 0 saturated carbocycles. The summed E-state index contributed by atoms with van der Waals surface area (Å²) in [6.07, 6.45) is 6.13. The molecule has 1 saturated heterocycles. The van der Waals surface area contributed by atoms with E-state index in [9.17, 15) is 0 Å². The minimum Gasteiger partial charge on any atom is -0.383 e. The molecule has 3 rings (SSSR count). The topological polar surface area (TPSA) is 76.7 Å². The van der Waals surface area contributed by atoms with E-state index in [2.05, 4.69) is 20.3 Å². The molecule has 0 aliphatic carbocycles. The monoisotopic (exact) mass is 241 g/mol. The Bertz CT molecular complexity index is 534. The average Bonchev–Trinajstić information content (AvgIpc) is 2.93. The molecule has 1 unspecified atom stereocenters. The predicted molar refractivity (Wildman–Crippen MR) is 69.9 cm³/mol. The van der Waals surface area contributed by atoms with E-state index in [1.807, 2.05) is 12.1 Å². The van der Waals surface area contributed by atoms with Gasteiger partial charge in [0.1, 0.15) is 12.1 Å². The van der Waals surface area contributed by atoms with Crippen molar-refractivity contribution in [2.45, 2.75) is 12.3 Å². The van der Waals surface area contributed by atoms with Crippen LogP contribution < -0.4 is 11.1 Å². The summed E-state index contributed by atoms with van der Waals surface area (Å²) in [6, 6.07) is 3.88. The first-order valence-electron chi connectivity index (χ1n) is 6.07. The van der Waals surface area contributed by atoms with Gasteiger partial charge in [0.2, 0.25) is 0 Å². The van der Waals surface area contributed by atoms with Crippen LogP contribution in [0.3, 0.4) is 0 Å². The van der Waals surface area contributed by atoms with E-state index < -0.39 is 0 Å². The number of nitrogens with two attached hydrogens (primary N) is 1. The van der Waals surface area contributed by atoms with E-state index in [0.717, 1.165) is 36.3 Å². The first-order valence-corrected chi connectivity index (χ1v) is 6.07. The molecule has 92 valence electrons. The summed E-state index contributed by atoms with van der Waals surface area (Å²) in [6.45, 7) is 1.98. The van der Waals surface area contributed by atoms with Gasteiger partial charge in [-0.15, -0.1) is 0 Å². The maximum Gasteiger partial charge on any atom is 0.127 e. The third kappa shape index (κ3) is 1.93. The molecule has 5 heteroatoms. The Hall–Kier alpha value is -2.01. The van der Waals surface area contributed by atoms with Gasteiger partial charge in [0, 0.05) is 36.0 Å². The first-order chi connectivity index (χ1) is 8.86. The van der Waals surface area contributed by atoms with Crippen LogP contribution in [0.4, 0.5) is 5.82 Å². The lowest BCUT2D eigenvalue weighted by Crippen LogP contribution is -2.11. The quantitative estimate of drug-likeness (QED) is 0.826. The Kier molecular flexibility index (Phi) is 2.90. The van der Waals surface area contributed by atoms with Crippen LogP contribution in [0.25, 0.3) is 11.3 Å². The highest BCUT2D eigenvalue weighted by Crippen LogP contribution is 2.34. The molecule has 5 nitrogen and oxygen atoms in total. The number of nitrogens with one attached hydrogen (secondary N) is 1. The van der Waals surface area contributed by atoms with Gasteiger partial charge in [-0.05, 0) is 25.1 Å². The van der Waals surface area contributed by atoms with Crippen molar-refractivity contribution in [3.8, 4) is 11.3 Å². The molecular weight excluding hydrogens is 226 g/mol. The van der Waals surface area contributed by atoms with E-state index in [1.165, 1.54) is 0 Å². The maximum absolute atomic E-state index is 6.06. The third-order valence-electron chi connectivity index (χ3n) is 3.35. The number of nitrogen functional groups attached to an aromatic ring is 1. The van der Waals surface area contributed by atoms with E-state index in [1.54, 1.807) is 18.7 Å². The first kappa shape index (κ1) is 11.1. The highest BCUT2D eigenvalue weighted by molar-refractivity contribution is 5.69. The van der Waals surface area contributed by atoms with Crippen molar-refractivity contribution in [2.24, 2.45) is 0 Å². The highest BCUT2D eigenvalue weighted by Gasteiger charge is 2.23. The predicted octanol–water partition coefficient (Wildman–Crippen LogP) is 1.20. The van der Waals surface area contributed by atoms with Crippen molar-refractivity contribution in [3.05, 3.63) is 36.4 Å². The number of rotatable bonds is 2. The van der Waals surface area contributed by atoms with Gasteiger partial charge >= 0.3 is 0 Å². The number of hydrogen-bond acceptors (Lipinski definition) is 5. The Balaban J connectivity index is 2.11. The molecule has 2 aromatic rings. The lowest BCUT2D eigenvalue weighted by molar-refractivity contribution is 0.763. The van der Waals surface area contributed by atoms with Gasteiger partial charge in [0.15, 0.2) is 0 Å². The summed E-state index contributed by atoms with van der Waals surface area (Å²) in [4.78, 5) is 12.5. The summed E-state index contributed by atoms with van der Waals surface area (Å²) in [5, 5.41) is 3.36. The van der Waals surface area contributed by atoms with E-state index in [-0.39, 0.29) is 0 Å². The number of pyridine rings is 1. The van der Waals surface area contributed by atoms with Crippen molar-refractivity contribution in [1.82, 2.24) is 20.3 Å². The minimum atomic E-state index is 0.420. The van der Waals surface area contributed by atoms with Crippen LogP contribution in [-0.2, 0) is 0 Å². The Labute approximate surface area is 105 Å². The molecule has 0 bridgehead atoms.